The van der Waals surface area contributed by atoms with Gasteiger partial charge in [0.2, 0.25) is 0 Å². The number of rotatable bonds is 5. The lowest BCUT2D eigenvalue weighted by atomic mass is 10.1. The molecule has 2 nitrogen and oxygen atoms in total. The quantitative estimate of drug-likeness (QED) is 0.705. The van der Waals surface area contributed by atoms with E-state index in [1.807, 2.05) is 12.1 Å². The Labute approximate surface area is 98.5 Å². The molecule has 2 heteroatoms. The van der Waals surface area contributed by atoms with Crippen molar-refractivity contribution >= 4 is 0 Å². The summed E-state index contributed by atoms with van der Waals surface area (Å²) >= 11 is 0. The SMILES string of the molecule is C=C(C)CN(C)C(C)c1ccc(OC)cc1. The van der Waals surface area contributed by atoms with Gasteiger partial charge in [-0.05, 0) is 38.6 Å². The highest BCUT2D eigenvalue weighted by Crippen LogP contribution is 2.21. The molecule has 1 unspecified atom stereocenters. The monoisotopic (exact) mass is 219 g/mol. The van der Waals surface area contributed by atoms with Crippen molar-refractivity contribution < 1.29 is 4.74 Å². The first kappa shape index (κ1) is 12.8. The summed E-state index contributed by atoms with van der Waals surface area (Å²) in [6.45, 7) is 9.11. The van der Waals surface area contributed by atoms with Crippen molar-refractivity contribution in [3.63, 3.8) is 0 Å². The molecule has 1 rings (SSSR count). The van der Waals surface area contributed by atoms with Crippen molar-refractivity contribution in [2.24, 2.45) is 0 Å². The third kappa shape index (κ3) is 3.38. The number of likely N-dealkylation sites (N-methyl/N-ethyl adjacent to an activating group) is 1. The van der Waals surface area contributed by atoms with Gasteiger partial charge in [-0.15, -0.1) is 0 Å². The number of benzene rings is 1. The lowest BCUT2D eigenvalue weighted by molar-refractivity contribution is 0.283. The Kier molecular flexibility index (Phi) is 4.56. The van der Waals surface area contributed by atoms with Crippen LogP contribution in [-0.2, 0) is 0 Å². The number of ether oxygens (including phenoxy) is 1. The highest BCUT2D eigenvalue weighted by molar-refractivity contribution is 5.28. The number of nitrogens with zero attached hydrogens (tertiary/aromatic N) is 1. The van der Waals surface area contributed by atoms with Crippen LogP contribution in [0.1, 0.15) is 25.5 Å². The van der Waals surface area contributed by atoms with Crippen LogP contribution in [0.3, 0.4) is 0 Å². The first-order valence-electron chi connectivity index (χ1n) is 5.53. The second-order valence-electron chi connectivity index (χ2n) is 4.32. The third-order valence-corrected chi connectivity index (χ3v) is 2.78. The fraction of sp³-hybridized carbons (Fsp3) is 0.429. The summed E-state index contributed by atoms with van der Waals surface area (Å²) in [5, 5.41) is 0. The van der Waals surface area contributed by atoms with Gasteiger partial charge in [-0.25, -0.2) is 0 Å². The van der Waals surface area contributed by atoms with Gasteiger partial charge in [0.25, 0.3) is 0 Å². The van der Waals surface area contributed by atoms with Crippen LogP contribution >= 0.6 is 0 Å². The Bertz CT molecular complexity index is 342. The van der Waals surface area contributed by atoms with Crippen molar-refractivity contribution in [3.8, 4) is 5.75 Å². The summed E-state index contributed by atoms with van der Waals surface area (Å²) in [5.41, 5.74) is 2.48. The predicted molar refractivity (Wildman–Crippen MR) is 68.9 cm³/mol. The van der Waals surface area contributed by atoms with Crippen LogP contribution in [0.15, 0.2) is 36.4 Å². The fourth-order valence-corrected chi connectivity index (χ4v) is 1.70. The molecular formula is C14H21NO. The summed E-state index contributed by atoms with van der Waals surface area (Å²) in [4.78, 5) is 2.28. The van der Waals surface area contributed by atoms with Gasteiger partial charge in [0.15, 0.2) is 0 Å². The van der Waals surface area contributed by atoms with E-state index in [1.165, 1.54) is 11.1 Å². The van der Waals surface area contributed by atoms with Gasteiger partial charge in [0.1, 0.15) is 5.75 Å². The molecule has 1 aromatic rings. The highest BCUT2D eigenvalue weighted by atomic mass is 16.5. The van der Waals surface area contributed by atoms with Crippen LogP contribution in [0.25, 0.3) is 0 Å². The van der Waals surface area contributed by atoms with E-state index in [0.717, 1.165) is 12.3 Å². The first-order valence-corrected chi connectivity index (χ1v) is 5.53. The summed E-state index contributed by atoms with van der Waals surface area (Å²) < 4.78 is 5.15. The molecule has 0 spiro atoms. The molecule has 1 aromatic carbocycles. The molecule has 0 fully saturated rings. The second-order valence-corrected chi connectivity index (χ2v) is 4.32. The maximum absolute atomic E-state index is 5.15. The molecule has 1 atom stereocenters. The van der Waals surface area contributed by atoms with Crippen molar-refractivity contribution in [2.45, 2.75) is 19.9 Å². The van der Waals surface area contributed by atoms with Crippen LogP contribution in [0.4, 0.5) is 0 Å². The first-order chi connectivity index (χ1) is 7.54. The van der Waals surface area contributed by atoms with Gasteiger partial charge in [0.05, 0.1) is 7.11 Å². The molecular weight excluding hydrogens is 198 g/mol. The Hall–Kier alpha value is -1.28. The topological polar surface area (TPSA) is 12.5 Å². The molecule has 16 heavy (non-hydrogen) atoms. The zero-order valence-electron chi connectivity index (χ0n) is 10.7. The minimum Gasteiger partial charge on any atom is -0.497 e. The number of methoxy groups -OCH3 is 1. The normalized spacial score (nSPS) is 12.6. The van der Waals surface area contributed by atoms with Gasteiger partial charge in [-0.2, -0.15) is 0 Å². The summed E-state index contributed by atoms with van der Waals surface area (Å²) in [5.74, 6) is 0.901. The zero-order valence-corrected chi connectivity index (χ0v) is 10.7. The van der Waals surface area contributed by atoms with Crippen LogP contribution in [0.2, 0.25) is 0 Å². The fourth-order valence-electron chi connectivity index (χ4n) is 1.70. The zero-order chi connectivity index (χ0) is 12.1. The maximum Gasteiger partial charge on any atom is 0.118 e. The van der Waals surface area contributed by atoms with Crippen LogP contribution in [0, 0.1) is 0 Å². The molecule has 0 amide bonds. The van der Waals surface area contributed by atoms with Gasteiger partial charge < -0.3 is 4.74 Å². The average Bonchev–Trinajstić information content (AvgIpc) is 2.27. The van der Waals surface area contributed by atoms with E-state index in [2.05, 4.69) is 44.5 Å². The van der Waals surface area contributed by atoms with Crippen molar-refractivity contribution in [1.82, 2.24) is 4.90 Å². The van der Waals surface area contributed by atoms with Gasteiger partial charge in [-0.3, -0.25) is 4.90 Å². The van der Waals surface area contributed by atoms with E-state index in [9.17, 15) is 0 Å². The number of hydrogen-bond donors (Lipinski definition) is 0. The molecule has 0 aliphatic carbocycles. The standard InChI is InChI=1S/C14H21NO/c1-11(2)10-15(4)12(3)13-6-8-14(16-5)9-7-13/h6-9,12H,1,10H2,2-5H3. The molecule has 0 heterocycles. The summed E-state index contributed by atoms with van der Waals surface area (Å²) in [7, 11) is 3.80. The molecule has 0 saturated carbocycles. The summed E-state index contributed by atoms with van der Waals surface area (Å²) in [6, 6.07) is 8.61. The van der Waals surface area contributed by atoms with Crippen molar-refractivity contribution in [3.05, 3.63) is 42.0 Å². The lowest BCUT2D eigenvalue weighted by Crippen LogP contribution is -2.23. The number of hydrogen-bond acceptors (Lipinski definition) is 2. The van der Waals surface area contributed by atoms with Crippen LogP contribution < -0.4 is 4.74 Å². The Morgan fingerprint density at radius 2 is 1.94 bits per heavy atom. The Morgan fingerprint density at radius 1 is 1.38 bits per heavy atom. The third-order valence-electron chi connectivity index (χ3n) is 2.78. The van der Waals surface area contributed by atoms with Crippen molar-refractivity contribution in [2.75, 3.05) is 20.7 Å². The van der Waals surface area contributed by atoms with E-state index >= 15 is 0 Å². The largest absolute Gasteiger partial charge is 0.497 e. The van der Waals surface area contributed by atoms with Crippen molar-refractivity contribution in [1.29, 1.82) is 0 Å². The second kappa shape index (κ2) is 5.71. The molecule has 0 radical (unpaired) electrons. The van der Waals surface area contributed by atoms with E-state index < -0.39 is 0 Å². The molecule has 0 aliphatic heterocycles. The molecule has 0 aromatic heterocycles. The van der Waals surface area contributed by atoms with E-state index in [1.54, 1.807) is 7.11 Å². The van der Waals surface area contributed by atoms with E-state index in [4.69, 9.17) is 4.74 Å². The van der Waals surface area contributed by atoms with Gasteiger partial charge in [-0.1, -0.05) is 24.3 Å². The minimum absolute atomic E-state index is 0.391. The van der Waals surface area contributed by atoms with Crippen LogP contribution in [0.5, 0.6) is 5.75 Å². The predicted octanol–water partition coefficient (Wildman–Crippen LogP) is 3.26. The Morgan fingerprint density at radius 3 is 2.38 bits per heavy atom. The lowest BCUT2D eigenvalue weighted by Gasteiger charge is -2.25. The molecule has 0 bridgehead atoms. The molecule has 88 valence electrons. The molecule has 0 aliphatic rings. The van der Waals surface area contributed by atoms with Crippen LogP contribution in [-0.4, -0.2) is 25.6 Å². The average molecular weight is 219 g/mol. The van der Waals surface area contributed by atoms with Gasteiger partial charge >= 0.3 is 0 Å². The minimum atomic E-state index is 0.391. The Balaban J connectivity index is 2.71. The van der Waals surface area contributed by atoms with Gasteiger partial charge in [0, 0.05) is 12.6 Å². The highest BCUT2D eigenvalue weighted by Gasteiger charge is 2.11. The maximum atomic E-state index is 5.15. The van der Waals surface area contributed by atoms with E-state index in [0.29, 0.717) is 6.04 Å². The molecule has 0 saturated heterocycles. The molecule has 0 N–H and O–H groups in total. The summed E-state index contributed by atoms with van der Waals surface area (Å²) in [6.07, 6.45) is 0. The van der Waals surface area contributed by atoms with E-state index in [-0.39, 0.29) is 0 Å². The smallest absolute Gasteiger partial charge is 0.118 e.